The van der Waals surface area contributed by atoms with Crippen LogP contribution in [-0.4, -0.2) is 23.8 Å². The van der Waals surface area contributed by atoms with Gasteiger partial charge in [-0.25, -0.2) is 4.98 Å². The lowest BCUT2D eigenvalue weighted by atomic mass is 10.1. The van der Waals surface area contributed by atoms with Gasteiger partial charge in [0.15, 0.2) is 5.78 Å². The second kappa shape index (κ2) is 8.14. The van der Waals surface area contributed by atoms with Crippen LogP contribution in [-0.2, 0) is 0 Å². The van der Waals surface area contributed by atoms with Gasteiger partial charge in [-0.3, -0.25) is 9.59 Å². The predicted octanol–water partition coefficient (Wildman–Crippen LogP) is 4.29. The third-order valence-corrected chi connectivity index (χ3v) is 3.89. The molecule has 3 aromatic rings. The number of ketones is 1. The van der Waals surface area contributed by atoms with E-state index in [2.05, 4.69) is 15.6 Å². The van der Waals surface area contributed by atoms with Crippen molar-refractivity contribution in [2.75, 3.05) is 17.7 Å². The minimum absolute atomic E-state index is 0.0558. The number of carbonyl (C=O) groups is 2. The number of Topliss-reactive ketones (excluding diaryl/α,β-unsaturated/α-hetero) is 1. The van der Waals surface area contributed by atoms with E-state index in [1.165, 1.54) is 6.92 Å². The summed E-state index contributed by atoms with van der Waals surface area (Å²) < 4.78 is 5.20. The fraction of sp³-hybridized carbons (Fsp3) is 0.0952. The van der Waals surface area contributed by atoms with Crippen LogP contribution >= 0.6 is 0 Å². The zero-order valence-electron chi connectivity index (χ0n) is 15.0. The maximum absolute atomic E-state index is 12.5. The first-order valence-electron chi connectivity index (χ1n) is 8.34. The Labute approximate surface area is 157 Å². The summed E-state index contributed by atoms with van der Waals surface area (Å²) in [6.45, 7) is 1.49. The summed E-state index contributed by atoms with van der Waals surface area (Å²) in [5, 5.41) is 5.94. The van der Waals surface area contributed by atoms with Crippen LogP contribution in [0.1, 0.15) is 27.6 Å². The summed E-state index contributed by atoms with van der Waals surface area (Å²) in [6, 6.07) is 17.5. The van der Waals surface area contributed by atoms with Crippen molar-refractivity contribution in [1.29, 1.82) is 0 Å². The SMILES string of the molecule is COc1cccc(Nc2cc(C(=O)Nc3cccc(C(C)=O)c3)ccn2)c1. The molecule has 6 heteroatoms. The minimum atomic E-state index is -0.285. The number of carbonyl (C=O) groups excluding carboxylic acids is 2. The number of methoxy groups -OCH3 is 1. The van der Waals surface area contributed by atoms with Gasteiger partial charge in [0.05, 0.1) is 7.11 Å². The fourth-order valence-electron chi connectivity index (χ4n) is 2.51. The number of nitrogens with one attached hydrogen (secondary N) is 2. The number of hydrogen-bond donors (Lipinski definition) is 2. The van der Waals surface area contributed by atoms with Gasteiger partial charge >= 0.3 is 0 Å². The molecule has 1 amide bonds. The number of aromatic nitrogens is 1. The lowest BCUT2D eigenvalue weighted by molar-refractivity contribution is 0.101. The average molecular weight is 361 g/mol. The predicted molar refractivity (Wildman–Crippen MR) is 105 cm³/mol. The van der Waals surface area contributed by atoms with E-state index in [0.29, 0.717) is 22.6 Å². The van der Waals surface area contributed by atoms with Gasteiger partial charge in [-0.1, -0.05) is 18.2 Å². The molecule has 0 aliphatic heterocycles. The van der Waals surface area contributed by atoms with E-state index in [-0.39, 0.29) is 11.7 Å². The van der Waals surface area contributed by atoms with E-state index in [4.69, 9.17) is 4.74 Å². The molecule has 0 spiro atoms. The maximum atomic E-state index is 12.5. The largest absolute Gasteiger partial charge is 0.497 e. The molecule has 0 aliphatic carbocycles. The maximum Gasteiger partial charge on any atom is 0.255 e. The molecule has 0 aliphatic rings. The van der Waals surface area contributed by atoms with Crippen LogP contribution < -0.4 is 15.4 Å². The van der Waals surface area contributed by atoms with E-state index >= 15 is 0 Å². The minimum Gasteiger partial charge on any atom is -0.497 e. The smallest absolute Gasteiger partial charge is 0.255 e. The topological polar surface area (TPSA) is 80.3 Å². The Balaban J connectivity index is 1.75. The van der Waals surface area contributed by atoms with Crippen molar-refractivity contribution in [2.45, 2.75) is 6.92 Å². The number of ether oxygens (including phenoxy) is 1. The standard InChI is InChI=1S/C21H19N3O3/c1-14(25)15-5-3-6-17(11-15)24-21(26)16-9-10-22-20(12-16)23-18-7-4-8-19(13-18)27-2/h3-13H,1-2H3,(H,22,23)(H,24,26). The van der Waals surface area contributed by atoms with Crippen molar-refractivity contribution < 1.29 is 14.3 Å². The Morgan fingerprint density at radius 2 is 1.70 bits per heavy atom. The molecule has 0 bridgehead atoms. The van der Waals surface area contributed by atoms with E-state index in [0.717, 1.165) is 11.4 Å². The molecule has 136 valence electrons. The number of nitrogens with zero attached hydrogens (tertiary/aromatic N) is 1. The van der Waals surface area contributed by atoms with Gasteiger partial charge in [0, 0.05) is 34.8 Å². The van der Waals surface area contributed by atoms with Crippen LogP contribution in [0.5, 0.6) is 5.75 Å². The van der Waals surface area contributed by atoms with Crippen molar-refractivity contribution in [3.05, 3.63) is 78.0 Å². The van der Waals surface area contributed by atoms with Crippen LogP contribution in [0.25, 0.3) is 0 Å². The lowest BCUT2D eigenvalue weighted by Crippen LogP contribution is -2.12. The lowest BCUT2D eigenvalue weighted by Gasteiger charge is -2.10. The molecule has 27 heavy (non-hydrogen) atoms. The number of anilines is 3. The molecular weight excluding hydrogens is 342 g/mol. The van der Waals surface area contributed by atoms with Crippen molar-refractivity contribution in [2.24, 2.45) is 0 Å². The van der Waals surface area contributed by atoms with Crippen LogP contribution in [0, 0.1) is 0 Å². The molecule has 3 rings (SSSR count). The monoisotopic (exact) mass is 361 g/mol. The van der Waals surface area contributed by atoms with Crippen LogP contribution in [0.3, 0.4) is 0 Å². The highest BCUT2D eigenvalue weighted by Gasteiger charge is 2.09. The fourth-order valence-corrected chi connectivity index (χ4v) is 2.51. The van der Waals surface area contributed by atoms with Gasteiger partial charge < -0.3 is 15.4 Å². The van der Waals surface area contributed by atoms with E-state index in [1.54, 1.807) is 49.7 Å². The normalized spacial score (nSPS) is 10.1. The van der Waals surface area contributed by atoms with E-state index < -0.39 is 0 Å². The Morgan fingerprint density at radius 3 is 2.48 bits per heavy atom. The molecule has 0 saturated heterocycles. The van der Waals surface area contributed by atoms with E-state index in [9.17, 15) is 9.59 Å². The summed E-state index contributed by atoms with van der Waals surface area (Å²) in [4.78, 5) is 28.2. The average Bonchev–Trinajstić information content (AvgIpc) is 2.68. The Kier molecular flexibility index (Phi) is 5.47. The quantitative estimate of drug-likeness (QED) is 0.640. The highest BCUT2D eigenvalue weighted by molar-refractivity contribution is 6.05. The van der Waals surface area contributed by atoms with Gasteiger partial charge in [0.1, 0.15) is 11.6 Å². The molecule has 0 saturated carbocycles. The highest BCUT2D eigenvalue weighted by Crippen LogP contribution is 2.21. The molecule has 0 unspecified atom stereocenters. The summed E-state index contributed by atoms with van der Waals surface area (Å²) in [7, 11) is 1.60. The van der Waals surface area contributed by atoms with Crippen molar-refractivity contribution in [3.8, 4) is 5.75 Å². The van der Waals surface area contributed by atoms with Crippen molar-refractivity contribution in [3.63, 3.8) is 0 Å². The number of amides is 1. The summed E-state index contributed by atoms with van der Waals surface area (Å²) in [5.41, 5.74) is 2.35. The van der Waals surface area contributed by atoms with Gasteiger partial charge in [-0.05, 0) is 43.3 Å². The number of hydrogen-bond acceptors (Lipinski definition) is 5. The van der Waals surface area contributed by atoms with Crippen molar-refractivity contribution in [1.82, 2.24) is 4.98 Å². The van der Waals surface area contributed by atoms with Crippen LogP contribution in [0.15, 0.2) is 66.9 Å². The molecule has 2 N–H and O–H groups in total. The zero-order chi connectivity index (χ0) is 19.2. The molecule has 1 aromatic heterocycles. The summed E-state index contributed by atoms with van der Waals surface area (Å²) in [5.74, 6) is 0.916. The third-order valence-electron chi connectivity index (χ3n) is 3.89. The van der Waals surface area contributed by atoms with Crippen LogP contribution in [0.2, 0.25) is 0 Å². The Morgan fingerprint density at radius 1 is 0.926 bits per heavy atom. The molecule has 1 heterocycles. The Hall–Kier alpha value is -3.67. The molecule has 0 fully saturated rings. The van der Waals surface area contributed by atoms with Gasteiger partial charge in [-0.15, -0.1) is 0 Å². The molecule has 6 nitrogen and oxygen atoms in total. The van der Waals surface area contributed by atoms with Crippen LogP contribution in [0.4, 0.5) is 17.2 Å². The zero-order valence-corrected chi connectivity index (χ0v) is 15.0. The molecular formula is C21H19N3O3. The summed E-state index contributed by atoms with van der Waals surface area (Å²) >= 11 is 0. The second-order valence-corrected chi connectivity index (χ2v) is 5.88. The molecule has 0 radical (unpaired) electrons. The molecule has 2 aromatic carbocycles. The van der Waals surface area contributed by atoms with Crippen molar-refractivity contribution >= 4 is 28.9 Å². The van der Waals surface area contributed by atoms with Gasteiger partial charge in [0.2, 0.25) is 0 Å². The first kappa shape index (κ1) is 18.1. The molecule has 0 atom stereocenters. The second-order valence-electron chi connectivity index (χ2n) is 5.88. The highest BCUT2D eigenvalue weighted by atomic mass is 16.5. The number of pyridine rings is 1. The number of benzene rings is 2. The summed E-state index contributed by atoms with van der Waals surface area (Å²) in [6.07, 6.45) is 1.56. The first-order valence-corrected chi connectivity index (χ1v) is 8.34. The van der Waals surface area contributed by atoms with E-state index in [1.807, 2.05) is 24.3 Å². The first-order chi connectivity index (χ1) is 13.0. The van der Waals surface area contributed by atoms with Gasteiger partial charge in [-0.2, -0.15) is 0 Å². The Bertz CT molecular complexity index is 986. The third kappa shape index (κ3) is 4.70. The number of rotatable bonds is 6. The van der Waals surface area contributed by atoms with Gasteiger partial charge in [0.25, 0.3) is 5.91 Å².